The molecule has 196 valence electrons. The van der Waals surface area contributed by atoms with Gasteiger partial charge in [0, 0.05) is 30.3 Å². The van der Waals surface area contributed by atoms with Crippen molar-refractivity contribution in [2.75, 3.05) is 13.7 Å². The molecule has 0 bridgehead atoms. The highest BCUT2D eigenvalue weighted by Gasteiger charge is 2.39. The number of ether oxygens (including phenoxy) is 2. The van der Waals surface area contributed by atoms with E-state index >= 15 is 0 Å². The van der Waals surface area contributed by atoms with E-state index in [1.165, 1.54) is 7.11 Å². The molecule has 1 aliphatic rings. The highest BCUT2D eigenvalue weighted by molar-refractivity contribution is 6.42. The average molecular weight is 552 g/mol. The largest absolute Gasteiger partial charge is 0.466 e. The Labute approximate surface area is 231 Å². The van der Waals surface area contributed by atoms with Gasteiger partial charge in [-0.25, -0.2) is 14.6 Å². The molecular formula is C29H27Cl2N3O4. The zero-order valence-corrected chi connectivity index (χ0v) is 22.7. The highest BCUT2D eigenvalue weighted by atomic mass is 35.5. The summed E-state index contributed by atoms with van der Waals surface area (Å²) in [6.45, 7) is 4.27. The van der Waals surface area contributed by atoms with Gasteiger partial charge in [0.25, 0.3) is 0 Å². The van der Waals surface area contributed by atoms with E-state index in [1.807, 2.05) is 41.1 Å². The highest BCUT2D eigenvalue weighted by Crippen LogP contribution is 2.43. The molecule has 4 rings (SSSR count). The van der Waals surface area contributed by atoms with Gasteiger partial charge in [-0.3, -0.25) is 0 Å². The number of halogens is 2. The summed E-state index contributed by atoms with van der Waals surface area (Å²) in [5.74, 6) is -1.97. The van der Waals surface area contributed by atoms with Crippen LogP contribution >= 0.6 is 23.2 Å². The molecule has 0 saturated carbocycles. The fourth-order valence-corrected chi connectivity index (χ4v) is 4.83. The van der Waals surface area contributed by atoms with Crippen molar-refractivity contribution >= 4 is 41.2 Å². The van der Waals surface area contributed by atoms with E-state index < -0.39 is 17.9 Å². The second-order valence-corrected chi connectivity index (χ2v) is 9.53. The summed E-state index contributed by atoms with van der Waals surface area (Å²) < 4.78 is 12.6. The summed E-state index contributed by atoms with van der Waals surface area (Å²) in [4.78, 5) is 30.2. The molecule has 3 aromatic rings. The number of hydrogen-bond donors (Lipinski definition) is 1. The standard InChI is InChI=1S/C29H27Cl2N3O4/c1-18-24(28(35)37-3)26(22-7-4-8-23(30)27(22)31)25(19(2)33-18)29(36)38-15-5-6-20-9-11-21(12-10-20)16-34-14-13-32-17-34/h4-14,17,26,33H,15-16H2,1-3H3. The SMILES string of the molecule is COC(=O)C1=C(C)NC(C)=C(C(=O)OCC=Cc2ccc(Cn3ccnc3)cc2)C1c1cccc(Cl)c1Cl. The summed E-state index contributed by atoms with van der Waals surface area (Å²) in [5.41, 5.74) is 4.27. The number of benzene rings is 2. The number of allylic oxidation sites excluding steroid dienone is 2. The molecule has 2 aromatic carbocycles. The van der Waals surface area contributed by atoms with E-state index in [2.05, 4.69) is 10.3 Å². The van der Waals surface area contributed by atoms with Gasteiger partial charge in [0.1, 0.15) is 6.61 Å². The molecule has 0 amide bonds. The topological polar surface area (TPSA) is 82.5 Å². The number of esters is 2. The van der Waals surface area contributed by atoms with E-state index in [9.17, 15) is 9.59 Å². The fraction of sp³-hybridized carbons (Fsp3) is 0.207. The third-order valence-electron chi connectivity index (χ3n) is 6.20. The second kappa shape index (κ2) is 12.2. The van der Waals surface area contributed by atoms with E-state index in [1.54, 1.807) is 50.6 Å². The van der Waals surface area contributed by atoms with Gasteiger partial charge < -0.3 is 19.4 Å². The Kier molecular flexibility index (Phi) is 8.71. The van der Waals surface area contributed by atoms with Crippen LogP contribution in [0, 0.1) is 0 Å². The molecule has 1 atom stereocenters. The van der Waals surface area contributed by atoms with Crippen molar-refractivity contribution < 1.29 is 19.1 Å². The van der Waals surface area contributed by atoms with Crippen molar-refractivity contribution in [3.05, 3.63) is 117 Å². The zero-order chi connectivity index (χ0) is 27.2. The number of dihydropyridines is 1. The Morgan fingerprint density at radius 2 is 1.76 bits per heavy atom. The predicted octanol–water partition coefficient (Wildman–Crippen LogP) is 5.90. The van der Waals surface area contributed by atoms with Gasteiger partial charge in [0.05, 0.1) is 40.5 Å². The van der Waals surface area contributed by atoms with Crippen LogP contribution in [0.4, 0.5) is 0 Å². The first-order valence-electron chi connectivity index (χ1n) is 11.9. The Balaban J connectivity index is 1.51. The number of methoxy groups -OCH3 is 1. The number of carbonyl (C=O) groups excluding carboxylic acids is 2. The molecule has 0 radical (unpaired) electrons. The number of nitrogens with one attached hydrogen (secondary N) is 1. The Bertz CT molecular complexity index is 1420. The second-order valence-electron chi connectivity index (χ2n) is 8.75. The molecule has 9 heteroatoms. The molecule has 0 spiro atoms. The molecule has 1 aliphatic heterocycles. The number of rotatable bonds is 8. The van der Waals surface area contributed by atoms with Gasteiger partial charge in [-0.2, -0.15) is 0 Å². The summed E-state index contributed by atoms with van der Waals surface area (Å²) in [6.07, 6.45) is 9.08. The molecule has 0 aliphatic carbocycles. The Hall–Kier alpha value is -3.81. The lowest BCUT2D eigenvalue weighted by Crippen LogP contribution is -2.32. The third-order valence-corrected chi connectivity index (χ3v) is 7.04. The maximum Gasteiger partial charge on any atom is 0.337 e. The molecule has 0 saturated heterocycles. The van der Waals surface area contributed by atoms with E-state index in [4.69, 9.17) is 32.7 Å². The van der Waals surface area contributed by atoms with Gasteiger partial charge in [-0.05, 0) is 42.7 Å². The van der Waals surface area contributed by atoms with Crippen LogP contribution in [0.1, 0.15) is 36.5 Å². The number of aromatic nitrogens is 2. The molecule has 1 aromatic heterocycles. The number of nitrogens with zero attached hydrogens (tertiary/aromatic N) is 2. The van der Waals surface area contributed by atoms with Crippen molar-refractivity contribution in [1.82, 2.24) is 14.9 Å². The molecule has 38 heavy (non-hydrogen) atoms. The van der Waals surface area contributed by atoms with Gasteiger partial charge in [-0.1, -0.05) is 65.7 Å². The number of carbonyl (C=O) groups is 2. The zero-order valence-electron chi connectivity index (χ0n) is 21.2. The minimum atomic E-state index is -0.811. The summed E-state index contributed by atoms with van der Waals surface area (Å²) in [5, 5.41) is 3.67. The minimum Gasteiger partial charge on any atom is -0.466 e. The van der Waals surface area contributed by atoms with Crippen LogP contribution in [0.2, 0.25) is 10.0 Å². The monoisotopic (exact) mass is 551 g/mol. The maximum absolute atomic E-state index is 13.3. The van der Waals surface area contributed by atoms with Crippen LogP contribution in [0.5, 0.6) is 0 Å². The summed E-state index contributed by atoms with van der Waals surface area (Å²) in [7, 11) is 1.29. The van der Waals surface area contributed by atoms with E-state index in [0.29, 0.717) is 22.0 Å². The van der Waals surface area contributed by atoms with Crippen molar-refractivity contribution in [2.45, 2.75) is 26.3 Å². The maximum atomic E-state index is 13.3. The quantitative estimate of drug-likeness (QED) is 0.351. The van der Waals surface area contributed by atoms with Crippen molar-refractivity contribution in [2.24, 2.45) is 0 Å². The lowest BCUT2D eigenvalue weighted by molar-refractivity contribution is -0.138. The van der Waals surface area contributed by atoms with Crippen LogP contribution in [0.15, 0.2) is 89.8 Å². The number of hydrogen-bond acceptors (Lipinski definition) is 6. The molecule has 7 nitrogen and oxygen atoms in total. The number of imidazole rings is 1. The fourth-order valence-electron chi connectivity index (χ4n) is 4.41. The van der Waals surface area contributed by atoms with Gasteiger partial charge in [-0.15, -0.1) is 0 Å². The molecule has 0 fully saturated rings. The van der Waals surface area contributed by atoms with Crippen LogP contribution < -0.4 is 5.32 Å². The van der Waals surface area contributed by atoms with Gasteiger partial charge >= 0.3 is 11.9 Å². The van der Waals surface area contributed by atoms with Crippen molar-refractivity contribution in [3.63, 3.8) is 0 Å². The third kappa shape index (κ3) is 6.01. The predicted molar refractivity (Wildman–Crippen MR) is 148 cm³/mol. The first-order valence-corrected chi connectivity index (χ1v) is 12.6. The Morgan fingerprint density at radius 3 is 2.42 bits per heavy atom. The lowest BCUT2D eigenvalue weighted by atomic mass is 9.80. The Morgan fingerprint density at radius 1 is 1.05 bits per heavy atom. The van der Waals surface area contributed by atoms with Gasteiger partial charge in [0.15, 0.2) is 0 Å². The van der Waals surface area contributed by atoms with Crippen molar-refractivity contribution in [1.29, 1.82) is 0 Å². The van der Waals surface area contributed by atoms with Gasteiger partial charge in [0.2, 0.25) is 0 Å². The van der Waals surface area contributed by atoms with E-state index in [0.717, 1.165) is 17.7 Å². The van der Waals surface area contributed by atoms with Crippen LogP contribution in [-0.2, 0) is 25.6 Å². The first-order chi connectivity index (χ1) is 18.3. The minimum absolute atomic E-state index is 0.0403. The smallest absolute Gasteiger partial charge is 0.337 e. The molecule has 1 N–H and O–H groups in total. The van der Waals surface area contributed by atoms with Crippen molar-refractivity contribution in [3.8, 4) is 0 Å². The summed E-state index contributed by atoms with van der Waals surface area (Å²) in [6, 6.07) is 13.2. The van der Waals surface area contributed by atoms with Crippen LogP contribution in [0.3, 0.4) is 0 Å². The van der Waals surface area contributed by atoms with E-state index in [-0.39, 0.29) is 22.8 Å². The lowest BCUT2D eigenvalue weighted by Gasteiger charge is -2.30. The summed E-state index contributed by atoms with van der Waals surface area (Å²) >= 11 is 12.8. The average Bonchev–Trinajstić information content (AvgIpc) is 3.41. The molecular weight excluding hydrogens is 525 g/mol. The molecule has 2 heterocycles. The van der Waals surface area contributed by atoms with Crippen LogP contribution in [0.25, 0.3) is 6.08 Å². The molecule has 1 unspecified atom stereocenters. The first kappa shape index (κ1) is 27.2. The van der Waals surface area contributed by atoms with Crippen LogP contribution in [-0.4, -0.2) is 35.2 Å². The normalized spacial score (nSPS) is 15.6.